The first-order valence-corrected chi connectivity index (χ1v) is 5.55. The summed E-state index contributed by atoms with van der Waals surface area (Å²) in [5, 5.41) is 0.472. The molecule has 0 aliphatic carbocycles. The highest BCUT2D eigenvalue weighted by molar-refractivity contribution is 5.92. The first-order valence-electron chi connectivity index (χ1n) is 5.55. The number of alkyl halides is 3. The number of rotatable bonds is 2. The van der Waals surface area contributed by atoms with Gasteiger partial charge in [-0.05, 0) is 36.8 Å². The molecule has 1 aromatic heterocycles. The van der Waals surface area contributed by atoms with Crippen molar-refractivity contribution in [3.8, 4) is 5.75 Å². The number of methoxy groups -OCH3 is 1. The van der Waals surface area contributed by atoms with Gasteiger partial charge >= 0.3 is 12.3 Å². The van der Waals surface area contributed by atoms with Gasteiger partial charge in [0.25, 0.3) is 0 Å². The summed E-state index contributed by atoms with van der Waals surface area (Å²) in [6.07, 6.45) is -4.75. The fourth-order valence-corrected chi connectivity index (χ4v) is 1.78. The lowest BCUT2D eigenvalue weighted by molar-refractivity contribution is -0.274. The van der Waals surface area contributed by atoms with E-state index >= 15 is 0 Å². The number of hydrogen-bond donors (Lipinski definition) is 0. The SMILES string of the molecule is COC(=O)c1cc(C)c2cc(OC(F)(F)F)ccc2n1. The van der Waals surface area contributed by atoms with Crippen molar-refractivity contribution in [2.75, 3.05) is 7.11 Å². The molecule has 0 saturated carbocycles. The van der Waals surface area contributed by atoms with Gasteiger partial charge in [-0.2, -0.15) is 0 Å². The van der Waals surface area contributed by atoms with E-state index in [9.17, 15) is 18.0 Å². The summed E-state index contributed by atoms with van der Waals surface area (Å²) < 4.78 is 44.9. The van der Waals surface area contributed by atoms with Gasteiger partial charge in [-0.1, -0.05) is 0 Å². The number of pyridine rings is 1. The Morgan fingerprint density at radius 3 is 2.55 bits per heavy atom. The molecule has 7 heteroatoms. The van der Waals surface area contributed by atoms with E-state index in [1.165, 1.54) is 25.3 Å². The number of nitrogens with zero attached hydrogens (tertiary/aromatic N) is 1. The quantitative estimate of drug-likeness (QED) is 0.795. The summed E-state index contributed by atoms with van der Waals surface area (Å²) in [5.41, 5.74) is 1.09. The molecule has 0 amide bonds. The Balaban J connectivity index is 2.49. The Hall–Kier alpha value is -2.31. The monoisotopic (exact) mass is 285 g/mol. The Morgan fingerprint density at radius 1 is 1.25 bits per heavy atom. The molecule has 4 nitrogen and oxygen atoms in total. The molecule has 0 saturated heterocycles. The van der Waals surface area contributed by atoms with Gasteiger partial charge in [0, 0.05) is 5.39 Å². The predicted molar refractivity (Wildman–Crippen MR) is 64.5 cm³/mol. The summed E-state index contributed by atoms with van der Waals surface area (Å²) in [7, 11) is 1.23. The maximum absolute atomic E-state index is 12.2. The van der Waals surface area contributed by atoms with E-state index in [0.29, 0.717) is 16.5 Å². The lowest BCUT2D eigenvalue weighted by Gasteiger charge is -2.10. The maximum atomic E-state index is 12.2. The number of fused-ring (bicyclic) bond motifs is 1. The molecule has 0 spiro atoms. The predicted octanol–water partition coefficient (Wildman–Crippen LogP) is 3.23. The van der Waals surface area contributed by atoms with Crippen molar-refractivity contribution in [2.45, 2.75) is 13.3 Å². The number of benzene rings is 1. The van der Waals surface area contributed by atoms with Crippen LogP contribution < -0.4 is 4.74 Å². The first-order chi connectivity index (χ1) is 9.30. The lowest BCUT2D eigenvalue weighted by Crippen LogP contribution is -2.17. The average Bonchev–Trinajstić information content (AvgIpc) is 2.36. The number of carbonyl (C=O) groups is 1. The molecule has 0 aliphatic heterocycles. The van der Waals surface area contributed by atoms with Gasteiger partial charge < -0.3 is 9.47 Å². The van der Waals surface area contributed by atoms with E-state index in [4.69, 9.17) is 0 Å². The molecule has 2 aromatic rings. The number of ether oxygens (including phenoxy) is 2. The third kappa shape index (κ3) is 2.98. The number of aromatic nitrogens is 1. The molecule has 0 unspecified atom stereocenters. The van der Waals surface area contributed by atoms with Crippen LogP contribution in [0.25, 0.3) is 10.9 Å². The van der Waals surface area contributed by atoms with E-state index in [0.717, 1.165) is 6.07 Å². The van der Waals surface area contributed by atoms with Gasteiger partial charge in [-0.15, -0.1) is 13.2 Å². The van der Waals surface area contributed by atoms with E-state index in [1.807, 2.05) is 0 Å². The van der Waals surface area contributed by atoms with Crippen molar-refractivity contribution < 1.29 is 27.4 Å². The molecule has 20 heavy (non-hydrogen) atoms. The van der Waals surface area contributed by atoms with E-state index in [1.54, 1.807) is 6.92 Å². The number of aryl methyl sites for hydroxylation is 1. The minimum atomic E-state index is -4.75. The van der Waals surface area contributed by atoms with E-state index in [-0.39, 0.29) is 11.4 Å². The second kappa shape index (κ2) is 4.99. The van der Waals surface area contributed by atoms with Crippen molar-refractivity contribution in [1.29, 1.82) is 0 Å². The highest BCUT2D eigenvalue weighted by Crippen LogP contribution is 2.27. The van der Waals surface area contributed by atoms with Gasteiger partial charge in [0.2, 0.25) is 0 Å². The van der Waals surface area contributed by atoms with Gasteiger partial charge in [-0.3, -0.25) is 0 Å². The molecular formula is C13H10F3NO3. The zero-order valence-corrected chi connectivity index (χ0v) is 10.6. The second-order valence-electron chi connectivity index (χ2n) is 4.04. The van der Waals surface area contributed by atoms with Gasteiger partial charge in [-0.25, -0.2) is 9.78 Å². The fourth-order valence-electron chi connectivity index (χ4n) is 1.78. The second-order valence-corrected chi connectivity index (χ2v) is 4.04. The first kappa shape index (κ1) is 14.1. The standard InChI is InChI=1S/C13H10F3NO3/c1-7-5-11(12(18)19-2)17-10-4-3-8(6-9(7)10)20-13(14,15)16/h3-6H,1-2H3. The third-order valence-corrected chi connectivity index (χ3v) is 2.62. The summed E-state index contributed by atoms with van der Waals surface area (Å²) in [4.78, 5) is 15.4. The van der Waals surface area contributed by atoms with Crippen LogP contribution in [0.2, 0.25) is 0 Å². The lowest BCUT2D eigenvalue weighted by atomic mass is 10.1. The maximum Gasteiger partial charge on any atom is 0.573 e. The summed E-state index contributed by atoms with van der Waals surface area (Å²) in [6.45, 7) is 1.66. The van der Waals surface area contributed by atoms with Crippen LogP contribution in [-0.2, 0) is 4.74 Å². The third-order valence-electron chi connectivity index (χ3n) is 2.62. The Bertz CT molecular complexity index is 668. The van der Waals surface area contributed by atoms with Gasteiger partial charge in [0.1, 0.15) is 11.4 Å². The molecule has 0 N–H and O–H groups in total. The highest BCUT2D eigenvalue weighted by Gasteiger charge is 2.31. The number of halogens is 3. The van der Waals surface area contributed by atoms with Crippen molar-refractivity contribution in [2.24, 2.45) is 0 Å². The Labute approximate surface area is 112 Å². The van der Waals surface area contributed by atoms with E-state index < -0.39 is 12.3 Å². The number of hydrogen-bond acceptors (Lipinski definition) is 4. The van der Waals surface area contributed by atoms with Crippen LogP contribution in [0, 0.1) is 6.92 Å². The fraction of sp³-hybridized carbons (Fsp3) is 0.231. The molecule has 0 radical (unpaired) electrons. The molecule has 0 bridgehead atoms. The minimum absolute atomic E-state index is 0.0991. The molecule has 0 atom stereocenters. The van der Waals surface area contributed by atoms with Crippen LogP contribution in [0.4, 0.5) is 13.2 Å². The zero-order valence-electron chi connectivity index (χ0n) is 10.6. The summed E-state index contributed by atoms with van der Waals surface area (Å²) in [6, 6.07) is 5.18. The number of esters is 1. The number of carbonyl (C=O) groups excluding carboxylic acids is 1. The molecule has 2 rings (SSSR count). The van der Waals surface area contributed by atoms with Gasteiger partial charge in [0.05, 0.1) is 12.6 Å². The van der Waals surface area contributed by atoms with Crippen LogP contribution >= 0.6 is 0 Å². The van der Waals surface area contributed by atoms with Crippen molar-refractivity contribution >= 4 is 16.9 Å². The average molecular weight is 285 g/mol. The smallest absolute Gasteiger partial charge is 0.464 e. The van der Waals surface area contributed by atoms with Gasteiger partial charge in [0.15, 0.2) is 0 Å². The molecule has 0 aliphatic rings. The Kier molecular flexibility index (Phi) is 3.52. The van der Waals surface area contributed by atoms with Crippen LogP contribution in [0.1, 0.15) is 16.1 Å². The highest BCUT2D eigenvalue weighted by atomic mass is 19.4. The van der Waals surface area contributed by atoms with Crippen LogP contribution in [0.15, 0.2) is 24.3 Å². The molecule has 0 fully saturated rings. The minimum Gasteiger partial charge on any atom is -0.464 e. The molecular weight excluding hydrogens is 275 g/mol. The van der Waals surface area contributed by atoms with Crippen LogP contribution in [0.3, 0.4) is 0 Å². The van der Waals surface area contributed by atoms with Crippen molar-refractivity contribution in [3.63, 3.8) is 0 Å². The molecule has 106 valence electrons. The largest absolute Gasteiger partial charge is 0.573 e. The van der Waals surface area contributed by atoms with Crippen molar-refractivity contribution in [1.82, 2.24) is 4.98 Å². The molecule has 1 heterocycles. The van der Waals surface area contributed by atoms with Crippen LogP contribution in [-0.4, -0.2) is 24.4 Å². The van der Waals surface area contributed by atoms with Crippen molar-refractivity contribution in [3.05, 3.63) is 35.5 Å². The molecule has 1 aromatic carbocycles. The summed E-state index contributed by atoms with van der Waals surface area (Å²) in [5.74, 6) is -0.939. The zero-order chi connectivity index (χ0) is 14.9. The summed E-state index contributed by atoms with van der Waals surface area (Å²) >= 11 is 0. The van der Waals surface area contributed by atoms with E-state index in [2.05, 4.69) is 14.5 Å². The Morgan fingerprint density at radius 2 is 1.95 bits per heavy atom. The topological polar surface area (TPSA) is 48.4 Å². The normalized spacial score (nSPS) is 11.4. The van der Waals surface area contributed by atoms with Crippen LogP contribution in [0.5, 0.6) is 5.75 Å².